The van der Waals surface area contributed by atoms with Crippen LogP contribution in [0.1, 0.15) is 37.7 Å². The Morgan fingerprint density at radius 1 is 1.35 bits per heavy atom. The molecule has 0 bridgehead atoms. The number of imide groups is 1. The van der Waals surface area contributed by atoms with Crippen LogP contribution in [0.15, 0.2) is 30.4 Å². The Morgan fingerprint density at radius 2 is 2.10 bits per heavy atom. The van der Waals surface area contributed by atoms with E-state index in [1.54, 1.807) is 0 Å². The molecular weight excluding hydrogens is 258 g/mol. The summed E-state index contributed by atoms with van der Waals surface area (Å²) < 4.78 is 23.2. The fraction of sp³-hybridized carbons (Fsp3) is 0.214. The van der Waals surface area contributed by atoms with Gasteiger partial charge in [-0.3, -0.25) is 19.3 Å². The number of nitrogen functional groups attached to an aromatic ring is 1. The van der Waals surface area contributed by atoms with Gasteiger partial charge in [0.05, 0.1) is 15.2 Å². The van der Waals surface area contributed by atoms with Crippen molar-refractivity contribution in [1.29, 1.82) is 0 Å². The molecule has 3 N–H and O–H groups in total. The van der Waals surface area contributed by atoms with Gasteiger partial charge in [-0.15, -0.1) is 0 Å². The molecule has 3 amide bonds. The van der Waals surface area contributed by atoms with Gasteiger partial charge >= 0.3 is 0 Å². The SMILES string of the molecule is [2H]c1c([2H])c(N)c2c(c1[2H])C(=O)N([C@@H]1CCC(=C)NC1=O)C2=O. The zero-order valence-corrected chi connectivity index (χ0v) is 10.4. The first-order chi connectivity index (χ1) is 10.8. The monoisotopic (exact) mass is 274 g/mol. The van der Waals surface area contributed by atoms with E-state index >= 15 is 0 Å². The molecule has 3 rings (SSSR count). The van der Waals surface area contributed by atoms with Gasteiger partial charge in [-0.25, -0.2) is 0 Å². The molecule has 20 heavy (non-hydrogen) atoms. The van der Waals surface area contributed by atoms with Gasteiger partial charge in [0.15, 0.2) is 0 Å². The lowest BCUT2D eigenvalue weighted by Gasteiger charge is -2.29. The minimum atomic E-state index is -1.02. The van der Waals surface area contributed by atoms with E-state index in [0.29, 0.717) is 12.1 Å². The molecule has 1 aromatic rings. The second-order valence-corrected chi connectivity index (χ2v) is 4.67. The second-order valence-electron chi connectivity index (χ2n) is 4.67. The number of hydrogen-bond acceptors (Lipinski definition) is 4. The van der Waals surface area contributed by atoms with E-state index < -0.39 is 41.9 Å². The average molecular weight is 274 g/mol. The summed E-state index contributed by atoms with van der Waals surface area (Å²) >= 11 is 0. The number of nitrogens with one attached hydrogen (secondary N) is 1. The van der Waals surface area contributed by atoms with Gasteiger partial charge < -0.3 is 11.1 Å². The Balaban J connectivity index is 2.12. The number of hydrogen-bond donors (Lipinski definition) is 2. The van der Waals surface area contributed by atoms with Crippen LogP contribution < -0.4 is 11.1 Å². The number of benzene rings is 1. The minimum absolute atomic E-state index is 0.227. The number of carbonyl (C=O) groups excluding carboxylic acids is 3. The summed E-state index contributed by atoms with van der Waals surface area (Å²) in [5.74, 6) is -2.17. The van der Waals surface area contributed by atoms with Crippen molar-refractivity contribution in [2.45, 2.75) is 18.9 Å². The molecule has 0 aliphatic carbocycles. The van der Waals surface area contributed by atoms with E-state index in [-0.39, 0.29) is 23.2 Å². The van der Waals surface area contributed by atoms with Crippen LogP contribution in [0.3, 0.4) is 0 Å². The van der Waals surface area contributed by atoms with Gasteiger partial charge in [0.25, 0.3) is 11.8 Å². The first-order valence-corrected chi connectivity index (χ1v) is 6.01. The number of piperidine rings is 1. The quantitative estimate of drug-likeness (QED) is 0.581. The number of carbonyl (C=O) groups is 3. The summed E-state index contributed by atoms with van der Waals surface area (Å²) in [4.78, 5) is 37.9. The molecule has 0 radical (unpaired) electrons. The van der Waals surface area contributed by atoms with Crippen LogP contribution in [-0.2, 0) is 4.79 Å². The Bertz CT molecular complexity index is 759. The number of anilines is 1. The average Bonchev–Trinajstić information content (AvgIpc) is 2.75. The minimum Gasteiger partial charge on any atom is -0.398 e. The molecule has 1 fully saturated rings. The molecule has 2 aliphatic rings. The van der Waals surface area contributed by atoms with Crippen LogP contribution in [-0.4, -0.2) is 28.7 Å². The lowest BCUT2D eigenvalue weighted by molar-refractivity contribution is -0.125. The van der Waals surface area contributed by atoms with Gasteiger partial charge in [0.1, 0.15) is 6.04 Å². The fourth-order valence-corrected chi connectivity index (χ4v) is 2.43. The highest BCUT2D eigenvalue weighted by Crippen LogP contribution is 2.31. The Morgan fingerprint density at radius 3 is 2.80 bits per heavy atom. The van der Waals surface area contributed by atoms with Crippen LogP contribution in [0.5, 0.6) is 0 Å². The van der Waals surface area contributed by atoms with Gasteiger partial charge in [-0.1, -0.05) is 12.6 Å². The number of nitrogens with two attached hydrogens (primary N) is 1. The third-order valence-corrected chi connectivity index (χ3v) is 3.40. The third kappa shape index (κ3) is 1.61. The van der Waals surface area contributed by atoms with Gasteiger partial charge in [-0.2, -0.15) is 0 Å². The summed E-state index contributed by atoms with van der Waals surface area (Å²) in [6.07, 6.45) is 0.644. The molecule has 0 aromatic heterocycles. The van der Waals surface area contributed by atoms with E-state index in [1.807, 2.05) is 0 Å². The third-order valence-electron chi connectivity index (χ3n) is 3.40. The first kappa shape index (κ1) is 9.30. The molecule has 0 spiro atoms. The largest absolute Gasteiger partial charge is 0.398 e. The van der Waals surface area contributed by atoms with Crippen molar-refractivity contribution in [3.8, 4) is 0 Å². The van der Waals surface area contributed by atoms with Gasteiger partial charge in [-0.05, 0) is 24.9 Å². The van der Waals surface area contributed by atoms with Crippen LogP contribution in [0.2, 0.25) is 0 Å². The van der Waals surface area contributed by atoms with Crippen LogP contribution in [0.4, 0.5) is 5.69 Å². The summed E-state index contributed by atoms with van der Waals surface area (Å²) in [6, 6.07) is -2.54. The molecule has 6 heteroatoms. The highest BCUT2D eigenvalue weighted by Gasteiger charge is 2.44. The zero-order chi connectivity index (χ0) is 17.0. The number of amides is 3. The van der Waals surface area contributed by atoms with Crippen molar-refractivity contribution >= 4 is 23.4 Å². The van der Waals surface area contributed by atoms with E-state index in [0.717, 1.165) is 4.90 Å². The van der Waals surface area contributed by atoms with Crippen molar-refractivity contribution in [3.63, 3.8) is 0 Å². The topological polar surface area (TPSA) is 92.5 Å². The lowest BCUT2D eigenvalue weighted by atomic mass is 10.0. The van der Waals surface area contributed by atoms with Crippen molar-refractivity contribution in [3.05, 3.63) is 41.5 Å². The molecule has 1 atom stereocenters. The standard InChI is InChI=1S/C14H13N3O3/c1-7-5-6-10(12(18)16-7)17-13(19)8-3-2-4-9(15)11(8)14(17)20/h2-4,10H,1,5-6,15H2,(H,16,18)/t10-/m1/s1/i2D,3D,4D. The normalized spacial score (nSPS) is 24.1. The molecule has 2 heterocycles. The van der Waals surface area contributed by atoms with E-state index in [1.165, 1.54) is 0 Å². The van der Waals surface area contributed by atoms with Crippen molar-refractivity contribution in [1.82, 2.24) is 10.2 Å². The number of allylic oxidation sites excluding steroid dienone is 1. The maximum Gasteiger partial charge on any atom is 0.264 e. The predicted molar refractivity (Wildman–Crippen MR) is 71.7 cm³/mol. The van der Waals surface area contributed by atoms with Crippen LogP contribution in [0, 0.1) is 0 Å². The molecule has 1 aromatic carbocycles. The molecular formula is C14H13N3O3. The maximum absolute atomic E-state index is 12.6. The number of nitrogens with zero attached hydrogens (tertiary/aromatic N) is 1. The van der Waals surface area contributed by atoms with Crippen molar-refractivity contribution < 1.29 is 18.5 Å². The fourth-order valence-electron chi connectivity index (χ4n) is 2.43. The van der Waals surface area contributed by atoms with Gasteiger partial charge in [0, 0.05) is 11.4 Å². The van der Waals surface area contributed by atoms with E-state index in [9.17, 15) is 14.4 Å². The molecule has 6 nitrogen and oxygen atoms in total. The molecule has 1 saturated heterocycles. The van der Waals surface area contributed by atoms with Crippen molar-refractivity contribution in [2.75, 3.05) is 5.73 Å². The van der Waals surface area contributed by atoms with Crippen LogP contribution in [0.25, 0.3) is 0 Å². The summed E-state index contributed by atoms with van der Waals surface area (Å²) in [6.45, 7) is 3.63. The number of rotatable bonds is 1. The number of fused-ring (bicyclic) bond motifs is 1. The summed E-state index contributed by atoms with van der Waals surface area (Å²) in [5, 5.41) is 2.49. The lowest BCUT2D eigenvalue weighted by Crippen LogP contribution is -2.51. The Labute approximate surface area is 119 Å². The molecule has 0 saturated carbocycles. The predicted octanol–water partition coefficient (Wildman–Crippen LogP) is 0.657. The Hall–Kier alpha value is -2.63. The summed E-state index contributed by atoms with van der Waals surface area (Å²) in [5.41, 5.74) is 5.31. The van der Waals surface area contributed by atoms with Crippen LogP contribution >= 0.6 is 0 Å². The molecule has 0 unspecified atom stereocenters. The first-order valence-electron chi connectivity index (χ1n) is 7.51. The van der Waals surface area contributed by atoms with Gasteiger partial charge in [0.2, 0.25) is 5.91 Å². The van der Waals surface area contributed by atoms with E-state index in [2.05, 4.69) is 11.9 Å². The van der Waals surface area contributed by atoms with E-state index in [4.69, 9.17) is 9.85 Å². The molecule has 102 valence electrons. The second kappa shape index (κ2) is 4.19. The molecule has 2 aliphatic heterocycles. The summed E-state index contributed by atoms with van der Waals surface area (Å²) in [7, 11) is 0. The highest BCUT2D eigenvalue weighted by atomic mass is 16.2. The highest BCUT2D eigenvalue weighted by molar-refractivity contribution is 6.25. The Kier molecular flexibility index (Phi) is 1.95. The zero-order valence-electron chi connectivity index (χ0n) is 13.4. The smallest absolute Gasteiger partial charge is 0.264 e. The maximum atomic E-state index is 12.6. The van der Waals surface area contributed by atoms with Crippen molar-refractivity contribution in [2.24, 2.45) is 0 Å².